The number of aromatic hydroxyl groups is 1. The van der Waals surface area contributed by atoms with Crippen molar-refractivity contribution < 1.29 is 9.90 Å². The predicted molar refractivity (Wildman–Crippen MR) is 113 cm³/mol. The lowest BCUT2D eigenvalue weighted by molar-refractivity contribution is -0.127. The fraction of sp³-hybridized carbons (Fsp3) is 0.400. The molecule has 0 bridgehead atoms. The van der Waals surface area contributed by atoms with E-state index in [2.05, 4.69) is 19.1 Å². The topological polar surface area (TPSA) is 37.3 Å². The summed E-state index contributed by atoms with van der Waals surface area (Å²) >= 11 is 6.00. The van der Waals surface area contributed by atoms with E-state index in [4.69, 9.17) is 11.6 Å². The van der Waals surface area contributed by atoms with Crippen LogP contribution in [0.1, 0.15) is 55.2 Å². The maximum Gasteiger partial charge on any atom is 0.165 e. The number of carbonyl (C=O) groups is 1. The molecule has 0 aromatic heterocycles. The van der Waals surface area contributed by atoms with Gasteiger partial charge in [0.2, 0.25) is 0 Å². The van der Waals surface area contributed by atoms with Crippen LogP contribution in [-0.4, -0.2) is 10.9 Å². The lowest BCUT2D eigenvalue weighted by Gasteiger charge is -2.48. The Morgan fingerprint density at radius 1 is 1.14 bits per heavy atom. The molecule has 1 N–H and O–H groups in total. The van der Waals surface area contributed by atoms with Crippen LogP contribution in [0, 0.1) is 17.3 Å². The van der Waals surface area contributed by atoms with Gasteiger partial charge in [-0.1, -0.05) is 36.7 Å². The van der Waals surface area contributed by atoms with Crippen molar-refractivity contribution in [1.82, 2.24) is 0 Å². The molecule has 5 rings (SSSR count). The number of carbonyl (C=O) groups excluding carboxylic acids is 1. The molecule has 2 nitrogen and oxygen atoms in total. The third-order valence-electron chi connectivity index (χ3n) is 7.56. The lowest BCUT2D eigenvalue weighted by Crippen LogP contribution is -2.42. The summed E-state index contributed by atoms with van der Waals surface area (Å²) in [7, 11) is 0. The number of Topliss-reactive ketones (excluding diaryl/α,β-unsaturated/α-hetero) is 1. The number of phenolic OH excluding ortho intramolecular Hbond substituents is 1. The summed E-state index contributed by atoms with van der Waals surface area (Å²) in [4.78, 5) is 13.4. The Balaban J connectivity index is 1.48. The van der Waals surface area contributed by atoms with E-state index in [1.54, 1.807) is 0 Å². The van der Waals surface area contributed by atoms with Crippen LogP contribution < -0.4 is 0 Å². The summed E-state index contributed by atoms with van der Waals surface area (Å²) in [6.45, 7) is 2.20. The van der Waals surface area contributed by atoms with Crippen molar-refractivity contribution in [2.24, 2.45) is 17.3 Å². The zero-order valence-corrected chi connectivity index (χ0v) is 16.9. The Morgan fingerprint density at radius 2 is 1.93 bits per heavy atom. The molecule has 0 radical (unpaired) electrons. The highest BCUT2D eigenvalue weighted by Gasteiger charge is 2.56. The molecule has 2 saturated carbocycles. The van der Waals surface area contributed by atoms with Gasteiger partial charge in [0, 0.05) is 10.4 Å². The second-order valence-electron chi connectivity index (χ2n) is 9.01. The van der Waals surface area contributed by atoms with Gasteiger partial charge in [-0.15, -0.1) is 0 Å². The van der Waals surface area contributed by atoms with Crippen LogP contribution in [0.3, 0.4) is 0 Å². The molecule has 2 aromatic rings. The summed E-state index contributed by atoms with van der Waals surface area (Å²) in [6, 6.07) is 13.6. The first-order chi connectivity index (χ1) is 13.5. The van der Waals surface area contributed by atoms with Gasteiger partial charge in [-0.3, -0.25) is 4.79 Å². The third-order valence-corrected chi connectivity index (χ3v) is 7.81. The van der Waals surface area contributed by atoms with Crippen molar-refractivity contribution in [1.29, 1.82) is 0 Å². The monoisotopic (exact) mass is 392 g/mol. The van der Waals surface area contributed by atoms with E-state index in [-0.39, 0.29) is 5.41 Å². The number of aryl methyl sites for hydroxylation is 1. The number of halogens is 1. The van der Waals surface area contributed by atoms with Gasteiger partial charge < -0.3 is 5.11 Å². The van der Waals surface area contributed by atoms with E-state index >= 15 is 0 Å². The highest BCUT2D eigenvalue weighted by molar-refractivity contribution is 6.30. The quantitative estimate of drug-likeness (QED) is 0.589. The Labute approximate surface area is 171 Å². The number of ketones is 1. The predicted octanol–water partition coefficient (Wildman–Crippen LogP) is 6.16. The van der Waals surface area contributed by atoms with Crippen LogP contribution in [0.5, 0.6) is 5.75 Å². The van der Waals surface area contributed by atoms with Crippen LogP contribution in [0.15, 0.2) is 48.0 Å². The molecular formula is C25H25ClO2. The number of rotatable bonds is 1. The number of fused-ring (bicyclic) bond motifs is 5. The molecular weight excluding hydrogens is 368 g/mol. The smallest absolute Gasteiger partial charge is 0.165 e. The Hall–Kier alpha value is -2.06. The summed E-state index contributed by atoms with van der Waals surface area (Å²) < 4.78 is 0. The number of phenols is 1. The van der Waals surface area contributed by atoms with E-state index in [0.29, 0.717) is 29.3 Å². The van der Waals surface area contributed by atoms with E-state index < -0.39 is 0 Å². The van der Waals surface area contributed by atoms with E-state index in [0.717, 1.165) is 48.3 Å². The molecule has 4 atom stereocenters. The molecule has 3 aliphatic carbocycles. The highest BCUT2D eigenvalue weighted by Crippen LogP contribution is 2.60. The zero-order valence-electron chi connectivity index (χ0n) is 16.1. The first kappa shape index (κ1) is 18.0. The van der Waals surface area contributed by atoms with Crippen LogP contribution in [0.25, 0.3) is 6.08 Å². The Bertz CT molecular complexity index is 975. The molecule has 4 unspecified atom stereocenters. The minimum absolute atomic E-state index is 0.228. The van der Waals surface area contributed by atoms with Gasteiger partial charge in [0.15, 0.2) is 5.78 Å². The molecule has 0 amide bonds. The van der Waals surface area contributed by atoms with Gasteiger partial charge in [-0.2, -0.15) is 0 Å². The maximum absolute atomic E-state index is 13.4. The van der Waals surface area contributed by atoms with Crippen LogP contribution in [0.2, 0.25) is 5.02 Å². The van der Waals surface area contributed by atoms with Gasteiger partial charge in [0.05, 0.1) is 0 Å². The van der Waals surface area contributed by atoms with Gasteiger partial charge in [-0.25, -0.2) is 0 Å². The summed E-state index contributed by atoms with van der Waals surface area (Å²) in [5, 5.41) is 10.6. The summed E-state index contributed by atoms with van der Waals surface area (Å²) in [6.07, 6.45) is 7.09. The largest absolute Gasteiger partial charge is 0.508 e. The van der Waals surface area contributed by atoms with Crippen molar-refractivity contribution in [3.05, 3.63) is 69.8 Å². The second kappa shape index (κ2) is 6.49. The average Bonchev–Trinajstić information content (AvgIpc) is 2.94. The summed E-state index contributed by atoms with van der Waals surface area (Å²) in [5.41, 5.74) is 4.50. The third kappa shape index (κ3) is 2.73. The molecule has 28 heavy (non-hydrogen) atoms. The molecule has 3 aliphatic rings. The van der Waals surface area contributed by atoms with Gasteiger partial charge in [0.25, 0.3) is 0 Å². The van der Waals surface area contributed by atoms with Gasteiger partial charge in [0.1, 0.15) is 5.75 Å². The molecule has 0 saturated heterocycles. The van der Waals surface area contributed by atoms with Gasteiger partial charge in [-0.05, 0) is 102 Å². The van der Waals surface area contributed by atoms with Crippen molar-refractivity contribution >= 4 is 23.5 Å². The molecule has 2 fully saturated rings. The van der Waals surface area contributed by atoms with Gasteiger partial charge >= 0.3 is 0 Å². The average molecular weight is 393 g/mol. The number of hydrogen-bond acceptors (Lipinski definition) is 2. The maximum atomic E-state index is 13.4. The van der Waals surface area contributed by atoms with Crippen LogP contribution in [0.4, 0.5) is 0 Å². The highest BCUT2D eigenvalue weighted by atomic mass is 35.5. The fourth-order valence-corrected chi connectivity index (χ4v) is 6.25. The lowest BCUT2D eigenvalue weighted by atomic mass is 9.55. The van der Waals surface area contributed by atoms with Crippen molar-refractivity contribution in [3.63, 3.8) is 0 Å². The summed E-state index contributed by atoms with van der Waals surface area (Å²) in [5.74, 6) is 2.20. The Morgan fingerprint density at radius 3 is 2.71 bits per heavy atom. The molecule has 144 valence electrons. The molecule has 0 aliphatic heterocycles. The second-order valence-corrected chi connectivity index (χ2v) is 9.45. The first-order valence-corrected chi connectivity index (χ1v) is 10.7. The van der Waals surface area contributed by atoms with E-state index in [1.165, 1.54) is 11.1 Å². The van der Waals surface area contributed by atoms with Crippen molar-refractivity contribution in [3.8, 4) is 5.75 Å². The first-order valence-electron chi connectivity index (χ1n) is 10.3. The van der Waals surface area contributed by atoms with Crippen molar-refractivity contribution in [2.45, 2.75) is 44.9 Å². The van der Waals surface area contributed by atoms with Crippen molar-refractivity contribution in [2.75, 3.05) is 0 Å². The minimum atomic E-state index is -0.228. The fourth-order valence-electron chi connectivity index (χ4n) is 6.13. The standard InChI is InChI=1S/C25H25ClO2/c1-25-11-10-21-20-9-7-19(27)13-16(20)4-8-22(21)23(25)14-17(24(25)28)12-15-2-5-18(26)6-3-15/h2-3,5-7,9,12-13,21-23,27H,4,8,10-11,14H2,1H3/b17-12-. The Kier molecular flexibility index (Phi) is 4.17. The molecule has 0 heterocycles. The normalized spacial score (nSPS) is 32.7. The molecule has 2 aromatic carbocycles. The zero-order chi connectivity index (χ0) is 19.5. The minimum Gasteiger partial charge on any atom is -0.508 e. The number of allylic oxidation sites excluding steroid dienone is 1. The van der Waals surface area contributed by atoms with E-state index in [1.807, 2.05) is 36.4 Å². The molecule has 3 heteroatoms. The van der Waals surface area contributed by atoms with Crippen LogP contribution in [-0.2, 0) is 11.2 Å². The SMILES string of the molecule is CC12CCC3c4ccc(O)cc4CCC3C1C/C(=C/c1ccc(Cl)cc1)C2=O. The molecule has 0 spiro atoms. The number of hydrogen-bond donors (Lipinski definition) is 1. The van der Waals surface area contributed by atoms with E-state index in [9.17, 15) is 9.90 Å². The van der Waals surface area contributed by atoms with Crippen LogP contribution >= 0.6 is 11.6 Å². The number of benzene rings is 2.